The van der Waals surface area contributed by atoms with Crippen molar-refractivity contribution in [2.75, 3.05) is 12.3 Å². The topological polar surface area (TPSA) is 55.1 Å². The number of anilines is 1. The van der Waals surface area contributed by atoms with Crippen molar-refractivity contribution in [3.8, 4) is 0 Å². The van der Waals surface area contributed by atoms with E-state index in [1.54, 1.807) is 0 Å². The van der Waals surface area contributed by atoms with Gasteiger partial charge in [-0.3, -0.25) is 4.79 Å². The SMILES string of the molecule is C=C1NCCC(=O)C1=C.Nc1ccccc1. The molecule has 16 heavy (non-hydrogen) atoms. The van der Waals surface area contributed by atoms with Gasteiger partial charge in [0.25, 0.3) is 0 Å². The second-order valence-electron chi connectivity index (χ2n) is 3.47. The van der Waals surface area contributed by atoms with Crippen LogP contribution in [0.3, 0.4) is 0 Å². The lowest BCUT2D eigenvalue weighted by molar-refractivity contribution is -0.115. The van der Waals surface area contributed by atoms with Gasteiger partial charge < -0.3 is 11.1 Å². The summed E-state index contributed by atoms with van der Waals surface area (Å²) in [4.78, 5) is 10.8. The Balaban J connectivity index is 0.000000165. The third-order valence-electron chi connectivity index (χ3n) is 2.19. The van der Waals surface area contributed by atoms with Crippen molar-refractivity contribution in [3.63, 3.8) is 0 Å². The molecule has 3 N–H and O–H groups in total. The van der Waals surface area contributed by atoms with Gasteiger partial charge in [0, 0.05) is 29.9 Å². The van der Waals surface area contributed by atoms with E-state index in [-0.39, 0.29) is 5.78 Å². The van der Waals surface area contributed by atoms with Crippen LogP contribution in [-0.4, -0.2) is 12.3 Å². The maximum atomic E-state index is 10.8. The maximum absolute atomic E-state index is 10.8. The van der Waals surface area contributed by atoms with Crippen molar-refractivity contribution < 1.29 is 4.79 Å². The van der Waals surface area contributed by atoms with E-state index in [4.69, 9.17) is 5.73 Å². The number of hydrogen-bond acceptors (Lipinski definition) is 3. The lowest BCUT2D eigenvalue weighted by Crippen LogP contribution is -2.27. The molecule has 0 bridgehead atoms. The normalized spacial score (nSPS) is 14.9. The van der Waals surface area contributed by atoms with Crippen LogP contribution in [-0.2, 0) is 4.79 Å². The van der Waals surface area contributed by atoms with Crippen LogP contribution in [0.1, 0.15) is 6.42 Å². The number of nitrogens with two attached hydrogens (primary N) is 1. The quantitative estimate of drug-likeness (QED) is 0.514. The molecule has 2 rings (SSSR count). The van der Waals surface area contributed by atoms with Crippen molar-refractivity contribution in [1.82, 2.24) is 5.32 Å². The van der Waals surface area contributed by atoms with E-state index in [9.17, 15) is 4.79 Å². The summed E-state index contributed by atoms with van der Waals surface area (Å²) in [6, 6.07) is 9.49. The standard InChI is InChI=1S/C7H9NO.C6H7N/c1-5-6(2)8-4-3-7(5)9;7-6-4-2-1-3-5-6/h8H,1-4H2;1-5H,7H2. The average Bonchev–Trinajstić information content (AvgIpc) is 2.28. The number of rotatable bonds is 0. The first kappa shape index (κ1) is 12.0. The number of benzene rings is 1. The van der Waals surface area contributed by atoms with Gasteiger partial charge in [0.15, 0.2) is 5.78 Å². The number of para-hydroxylation sites is 1. The molecule has 1 aromatic carbocycles. The van der Waals surface area contributed by atoms with E-state index in [2.05, 4.69) is 18.5 Å². The zero-order chi connectivity index (χ0) is 12.0. The number of nitrogen functional groups attached to an aromatic ring is 1. The summed E-state index contributed by atoms with van der Waals surface area (Å²) in [5, 5.41) is 2.95. The molecule has 0 saturated carbocycles. The molecular formula is C13H16N2O. The predicted octanol–water partition coefficient (Wildman–Crippen LogP) is 1.89. The van der Waals surface area contributed by atoms with E-state index in [0.29, 0.717) is 24.2 Å². The molecule has 0 radical (unpaired) electrons. The van der Waals surface area contributed by atoms with Crippen molar-refractivity contribution in [2.24, 2.45) is 0 Å². The fourth-order valence-electron chi connectivity index (χ4n) is 1.21. The van der Waals surface area contributed by atoms with E-state index in [1.807, 2.05) is 30.3 Å². The molecule has 0 atom stereocenters. The zero-order valence-electron chi connectivity index (χ0n) is 9.20. The number of ketones is 1. The van der Waals surface area contributed by atoms with Crippen LogP contribution >= 0.6 is 0 Å². The maximum Gasteiger partial charge on any atom is 0.166 e. The van der Waals surface area contributed by atoms with Gasteiger partial charge in [0.2, 0.25) is 0 Å². The van der Waals surface area contributed by atoms with Crippen LogP contribution in [0.4, 0.5) is 5.69 Å². The number of carbonyl (C=O) groups is 1. The molecular weight excluding hydrogens is 200 g/mol. The average molecular weight is 216 g/mol. The molecule has 1 aliphatic rings. The van der Waals surface area contributed by atoms with Crippen LogP contribution in [0.25, 0.3) is 0 Å². The highest BCUT2D eigenvalue weighted by Crippen LogP contribution is 2.09. The number of hydrogen-bond donors (Lipinski definition) is 2. The van der Waals surface area contributed by atoms with Crippen molar-refractivity contribution in [2.45, 2.75) is 6.42 Å². The number of carbonyl (C=O) groups excluding carboxylic acids is 1. The van der Waals surface area contributed by atoms with Crippen LogP contribution < -0.4 is 11.1 Å². The number of nitrogens with one attached hydrogen (secondary N) is 1. The summed E-state index contributed by atoms with van der Waals surface area (Å²) in [5.41, 5.74) is 7.38. The molecule has 1 aliphatic heterocycles. The van der Waals surface area contributed by atoms with Gasteiger partial charge in [0.05, 0.1) is 0 Å². The smallest absolute Gasteiger partial charge is 0.166 e. The highest BCUT2D eigenvalue weighted by molar-refractivity contribution is 5.99. The minimum atomic E-state index is 0.110. The van der Waals surface area contributed by atoms with Gasteiger partial charge in [-0.25, -0.2) is 0 Å². The molecule has 0 spiro atoms. The van der Waals surface area contributed by atoms with Crippen LogP contribution in [0.2, 0.25) is 0 Å². The van der Waals surface area contributed by atoms with Crippen LogP contribution in [0.5, 0.6) is 0 Å². The summed E-state index contributed by atoms with van der Waals surface area (Å²) in [5.74, 6) is 0.110. The minimum absolute atomic E-state index is 0.110. The number of allylic oxidation sites excluding steroid dienone is 1. The number of Topliss-reactive ketones (excluding diaryl/α,β-unsaturated/α-hetero) is 1. The molecule has 0 aliphatic carbocycles. The van der Waals surface area contributed by atoms with Gasteiger partial charge in [0.1, 0.15) is 0 Å². The van der Waals surface area contributed by atoms with Gasteiger partial charge in [-0.1, -0.05) is 31.4 Å². The Labute approximate surface area is 95.7 Å². The third-order valence-corrected chi connectivity index (χ3v) is 2.19. The summed E-state index contributed by atoms with van der Waals surface area (Å²) in [6.45, 7) is 7.88. The Kier molecular flexibility index (Phi) is 4.33. The highest BCUT2D eigenvalue weighted by atomic mass is 16.1. The first-order valence-electron chi connectivity index (χ1n) is 5.07. The molecule has 0 amide bonds. The molecule has 1 aromatic rings. The Morgan fingerprint density at radius 3 is 2.19 bits per heavy atom. The second kappa shape index (κ2) is 5.75. The summed E-state index contributed by atoms with van der Waals surface area (Å²) >= 11 is 0. The Bertz CT molecular complexity index is 378. The first-order valence-corrected chi connectivity index (χ1v) is 5.07. The predicted molar refractivity (Wildman–Crippen MR) is 66.8 cm³/mol. The zero-order valence-corrected chi connectivity index (χ0v) is 9.20. The van der Waals surface area contributed by atoms with E-state index in [0.717, 1.165) is 5.69 Å². The van der Waals surface area contributed by atoms with E-state index in [1.165, 1.54) is 0 Å². The van der Waals surface area contributed by atoms with E-state index >= 15 is 0 Å². The van der Waals surface area contributed by atoms with Crippen molar-refractivity contribution in [3.05, 3.63) is 54.8 Å². The van der Waals surface area contributed by atoms with Crippen molar-refractivity contribution in [1.29, 1.82) is 0 Å². The molecule has 1 heterocycles. The number of piperidine rings is 1. The molecule has 0 unspecified atom stereocenters. The second-order valence-corrected chi connectivity index (χ2v) is 3.47. The van der Waals surface area contributed by atoms with Gasteiger partial charge >= 0.3 is 0 Å². The summed E-state index contributed by atoms with van der Waals surface area (Å²) in [7, 11) is 0. The van der Waals surface area contributed by atoms with Gasteiger partial charge in [-0.05, 0) is 12.1 Å². The fourth-order valence-corrected chi connectivity index (χ4v) is 1.21. The Morgan fingerprint density at radius 2 is 1.81 bits per heavy atom. The first-order chi connectivity index (χ1) is 7.61. The van der Waals surface area contributed by atoms with Gasteiger partial charge in [-0.15, -0.1) is 0 Å². The molecule has 3 heteroatoms. The molecule has 84 valence electrons. The van der Waals surface area contributed by atoms with Crippen LogP contribution in [0.15, 0.2) is 54.8 Å². The molecule has 0 aromatic heterocycles. The monoisotopic (exact) mass is 216 g/mol. The van der Waals surface area contributed by atoms with Gasteiger partial charge in [-0.2, -0.15) is 0 Å². The Hall–Kier alpha value is -2.03. The van der Waals surface area contributed by atoms with E-state index < -0.39 is 0 Å². The third kappa shape index (κ3) is 3.61. The Morgan fingerprint density at radius 1 is 1.19 bits per heavy atom. The molecule has 1 saturated heterocycles. The van der Waals surface area contributed by atoms with Crippen molar-refractivity contribution >= 4 is 11.5 Å². The minimum Gasteiger partial charge on any atom is -0.399 e. The largest absolute Gasteiger partial charge is 0.399 e. The summed E-state index contributed by atoms with van der Waals surface area (Å²) in [6.07, 6.45) is 0.553. The molecule has 3 nitrogen and oxygen atoms in total. The fraction of sp³-hybridized carbons (Fsp3) is 0.154. The highest BCUT2D eigenvalue weighted by Gasteiger charge is 2.14. The van der Waals surface area contributed by atoms with Crippen LogP contribution in [0, 0.1) is 0 Å². The lowest BCUT2D eigenvalue weighted by atomic mass is 10.0. The summed E-state index contributed by atoms with van der Waals surface area (Å²) < 4.78 is 0. The molecule has 1 fully saturated rings. The lowest BCUT2D eigenvalue weighted by Gasteiger charge is -2.16.